The molecule has 2 fully saturated rings. The first kappa shape index (κ1) is 13.9. The van der Waals surface area contributed by atoms with Crippen LogP contribution >= 0.6 is 11.6 Å². The fraction of sp³-hybridized carbons (Fsp3) is 0.562. The van der Waals surface area contributed by atoms with Crippen molar-refractivity contribution in [3.63, 3.8) is 0 Å². The first-order valence-corrected chi connectivity index (χ1v) is 7.76. The van der Waals surface area contributed by atoms with Gasteiger partial charge in [0.25, 0.3) is 0 Å². The molecule has 1 aliphatic heterocycles. The molecule has 1 saturated carbocycles. The van der Waals surface area contributed by atoms with Gasteiger partial charge < -0.3 is 10.6 Å². The van der Waals surface area contributed by atoms with Crippen molar-refractivity contribution in [1.82, 2.24) is 10.6 Å². The van der Waals surface area contributed by atoms with E-state index in [-0.39, 0.29) is 23.3 Å². The average Bonchev–Trinajstić information content (AvgIpc) is 3.13. The summed E-state index contributed by atoms with van der Waals surface area (Å²) in [7, 11) is 0. The summed E-state index contributed by atoms with van der Waals surface area (Å²) in [5.74, 6) is 0.397. The van der Waals surface area contributed by atoms with Crippen molar-refractivity contribution in [1.29, 1.82) is 0 Å². The molecule has 1 heterocycles. The van der Waals surface area contributed by atoms with Gasteiger partial charge in [-0.3, -0.25) is 4.79 Å². The fourth-order valence-electron chi connectivity index (χ4n) is 3.41. The number of piperidine rings is 1. The van der Waals surface area contributed by atoms with Crippen molar-refractivity contribution in [2.75, 3.05) is 13.1 Å². The van der Waals surface area contributed by atoms with Crippen LogP contribution in [0.1, 0.15) is 37.8 Å². The van der Waals surface area contributed by atoms with Crippen LogP contribution < -0.4 is 10.6 Å². The molecule has 20 heavy (non-hydrogen) atoms. The number of carbonyl (C=O) groups is 1. The summed E-state index contributed by atoms with van der Waals surface area (Å²) in [6.45, 7) is 4.09. The molecular formula is C16H21ClN2O. The largest absolute Gasteiger partial charge is 0.349 e. The van der Waals surface area contributed by atoms with Gasteiger partial charge in [-0.15, -0.1) is 0 Å². The van der Waals surface area contributed by atoms with E-state index < -0.39 is 0 Å². The van der Waals surface area contributed by atoms with E-state index >= 15 is 0 Å². The molecule has 0 aromatic heterocycles. The second-order valence-corrected chi connectivity index (χ2v) is 6.53. The number of hydrogen-bond donors (Lipinski definition) is 2. The van der Waals surface area contributed by atoms with Gasteiger partial charge in [-0.05, 0) is 56.3 Å². The molecule has 1 aromatic rings. The summed E-state index contributed by atoms with van der Waals surface area (Å²) in [4.78, 5) is 12.4. The zero-order valence-electron chi connectivity index (χ0n) is 11.8. The van der Waals surface area contributed by atoms with Crippen LogP contribution in [0, 0.1) is 11.3 Å². The van der Waals surface area contributed by atoms with E-state index in [1.54, 1.807) is 0 Å². The van der Waals surface area contributed by atoms with Crippen molar-refractivity contribution < 1.29 is 4.79 Å². The Morgan fingerprint density at radius 2 is 2.10 bits per heavy atom. The van der Waals surface area contributed by atoms with Gasteiger partial charge >= 0.3 is 0 Å². The second-order valence-electron chi connectivity index (χ2n) is 6.12. The summed E-state index contributed by atoms with van der Waals surface area (Å²) in [6.07, 6.45) is 3.31. The Hall–Kier alpha value is -1.06. The third-order valence-electron chi connectivity index (χ3n) is 4.84. The van der Waals surface area contributed by atoms with Crippen LogP contribution in [0.4, 0.5) is 0 Å². The molecule has 1 unspecified atom stereocenters. The maximum atomic E-state index is 12.4. The Kier molecular flexibility index (Phi) is 3.74. The summed E-state index contributed by atoms with van der Waals surface area (Å²) in [6, 6.07) is 7.67. The molecule has 2 N–H and O–H groups in total. The number of hydrogen-bond acceptors (Lipinski definition) is 2. The van der Waals surface area contributed by atoms with E-state index in [4.69, 9.17) is 11.6 Å². The van der Waals surface area contributed by atoms with Crippen LogP contribution in [0.3, 0.4) is 0 Å². The minimum atomic E-state index is -0.0319. The Balaban J connectivity index is 1.61. The highest BCUT2D eigenvalue weighted by molar-refractivity contribution is 6.31. The maximum Gasteiger partial charge on any atom is 0.224 e. The quantitative estimate of drug-likeness (QED) is 0.899. The smallest absolute Gasteiger partial charge is 0.224 e. The third kappa shape index (κ3) is 2.57. The highest BCUT2D eigenvalue weighted by Crippen LogP contribution is 2.58. The number of benzene rings is 1. The van der Waals surface area contributed by atoms with Gasteiger partial charge in [0.2, 0.25) is 5.91 Å². The molecule has 1 aromatic carbocycles. The number of nitrogens with one attached hydrogen (secondary N) is 2. The van der Waals surface area contributed by atoms with Crippen molar-refractivity contribution >= 4 is 17.5 Å². The molecule has 1 spiro atoms. The number of halogens is 1. The van der Waals surface area contributed by atoms with Crippen LogP contribution in [0.2, 0.25) is 5.02 Å². The topological polar surface area (TPSA) is 41.1 Å². The Morgan fingerprint density at radius 1 is 1.40 bits per heavy atom. The zero-order chi connectivity index (χ0) is 14.2. The Labute approximate surface area is 125 Å². The molecule has 3 nitrogen and oxygen atoms in total. The van der Waals surface area contributed by atoms with Gasteiger partial charge in [0.05, 0.1) is 6.04 Å². The molecule has 4 heteroatoms. The Bertz CT molecular complexity index is 511. The number of amides is 1. The lowest BCUT2D eigenvalue weighted by atomic mass is 9.91. The summed E-state index contributed by atoms with van der Waals surface area (Å²) >= 11 is 6.18. The molecule has 3 rings (SSSR count). The van der Waals surface area contributed by atoms with Gasteiger partial charge in [0.15, 0.2) is 0 Å². The predicted molar refractivity (Wildman–Crippen MR) is 80.7 cm³/mol. The normalized spacial score (nSPS) is 25.2. The average molecular weight is 293 g/mol. The number of rotatable bonds is 3. The maximum absolute atomic E-state index is 12.4. The molecular weight excluding hydrogens is 272 g/mol. The van der Waals surface area contributed by atoms with E-state index in [1.807, 2.05) is 31.2 Å². The minimum Gasteiger partial charge on any atom is -0.349 e. The molecule has 1 aliphatic carbocycles. The lowest BCUT2D eigenvalue weighted by molar-refractivity contribution is -0.123. The summed E-state index contributed by atoms with van der Waals surface area (Å²) in [5, 5.41) is 7.21. The molecule has 1 saturated heterocycles. The Morgan fingerprint density at radius 3 is 2.80 bits per heavy atom. The van der Waals surface area contributed by atoms with Gasteiger partial charge in [0.1, 0.15) is 0 Å². The van der Waals surface area contributed by atoms with Gasteiger partial charge in [-0.2, -0.15) is 0 Å². The monoisotopic (exact) mass is 292 g/mol. The minimum absolute atomic E-state index is 0.0319. The molecule has 0 radical (unpaired) electrons. The molecule has 0 bridgehead atoms. The van der Waals surface area contributed by atoms with Crippen molar-refractivity contribution in [2.24, 2.45) is 11.3 Å². The van der Waals surface area contributed by atoms with E-state index in [9.17, 15) is 4.79 Å². The van der Waals surface area contributed by atoms with Crippen LogP contribution in [-0.2, 0) is 4.79 Å². The lowest BCUT2D eigenvalue weighted by Crippen LogP contribution is -2.34. The number of carbonyl (C=O) groups excluding carboxylic acids is 1. The molecule has 108 valence electrons. The van der Waals surface area contributed by atoms with Crippen LogP contribution in [-0.4, -0.2) is 19.0 Å². The molecule has 1 amide bonds. The van der Waals surface area contributed by atoms with Gasteiger partial charge in [0, 0.05) is 10.9 Å². The second kappa shape index (κ2) is 5.38. The first-order chi connectivity index (χ1) is 9.62. The third-order valence-corrected chi connectivity index (χ3v) is 5.18. The highest BCUT2D eigenvalue weighted by Gasteiger charge is 2.57. The summed E-state index contributed by atoms with van der Waals surface area (Å²) in [5.41, 5.74) is 1.28. The molecule has 2 aliphatic rings. The van der Waals surface area contributed by atoms with E-state index in [2.05, 4.69) is 10.6 Å². The standard InChI is InChI=1S/C16H21ClN2O/c1-11(12-4-2-3-5-14(12)17)19-15(20)13-10-16(13)6-8-18-9-7-16/h2-5,11,13,18H,6-10H2,1H3,(H,19,20)/t11-,13?/m0/s1. The van der Waals surface area contributed by atoms with Crippen LogP contribution in [0.5, 0.6) is 0 Å². The van der Waals surface area contributed by atoms with Crippen molar-refractivity contribution in [2.45, 2.75) is 32.2 Å². The van der Waals surface area contributed by atoms with Crippen LogP contribution in [0.25, 0.3) is 0 Å². The van der Waals surface area contributed by atoms with Gasteiger partial charge in [-0.25, -0.2) is 0 Å². The predicted octanol–water partition coefficient (Wildman–Crippen LogP) is 2.91. The lowest BCUT2D eigenvalue weighted by Gasteiger charge is -2.24. The molecule has 2 atom stereocenters. The van der Waals surface area contributed by atoms with E-state index in [1.165, 1.54) is 0 Å². The zero-order valence-corrected chi connectivity index (χ0v) is 12.5. The summed E-state index contributed by atoms with van der Waals surface area (Å²) < 4.78 is 0. The fourth-order valence-corrected chi connectivity index (χ4v) is 3.71. The SMILES string of the molecule is C[C@H](NC(=O)C1CC12CCNCC2)c1ccccc1Cl. The van der Waals surface area contributed by atoms with E-state index in [0.717, 1.165) is 37.9 Å². The van der Waals surface area contributed by atoms with Crippen LogP contribution in [0.15, 0.2) is 24.3 Å². The van der Waals surface area contributed by atoms with Crippen molar-refractivity contribution in [3.05, 3.63) is 34.9 Å². The van der Waals surface area contributed by atoms with Gasteiger partial charge in [-0.1, -0.05) is 29.8 Å². The highest BCUT2D eigenvalue weighted by atomic mass is 35.5. The van der Waals surface area contributed by atoms with Crippen molar-refractivity contribution in [3.8, 4) is 0 Å². The first-order valence-electron chi connectivity index (χ1n) is 7.38. The van der Waals surface area contributed by atoms with E-state index in [0.29, 0.717) is 5.02 Å².